The number of esters is 1. The first-order valence-electron chi connectivity index (χ1n) is 4.71. The van der Waals surface area contributed by atoms with Crippen molar-refractivity contribution in [3.8, 4) is 11.8 Å². The molecule has 1 unspecified atom stereocenters. The Morgan fingerprint density at radius 1 is 1.71 bits per heavy atom. The summed E-state index contributed by atoms with van der Waals surface area (Å²) in [5.41, 5.74) is 0. The molecule has 1 fully saturated rings. The zero-order valence-electron chi connectivity index (χ0n) is 8.34. The first-order valence-corrected chi connectivity index (χ1v) is 5.86. The maximum absolute atomic E-state index is 10.6. The average molecular weight is 213 g/mol. The molecular weight excluding hydrogens is 198 g/mol. The third-order valence-corrected chi connectivity index (χ3v) is 3.23. The summed E-state index contributed by atoms with van der Waals surface area (Å²) in [7, 11) is 1.34. The molecule has 0 bridgehead atoms. The zero-order chi connectivity index (χ0) is 10.2. The number of ether oxygens (including phenoxy) is 1. The maximum Gasteiger partial charge on any atom is 0.384 e. The highest BCUT2D eigenvalue weighted by Gasteiger charge is 2.11. The Hall–Kier alpha value is -0.660. The van der Waals surface area contributed by atoms with Gasteiger partial charge in [0, 0.05) is 17.7 Å². The molecule has 1 rings (SSSR count). The van der Waals surface area contributed by atoms with Gasteiger partial charge >= 0.3 is 5.97 Å². The second kappa shape index (κ2) is 6.74. The van der Waals surface area contributed by atoms with E-state index in [4.69, 9.17) is 0 Å². The van der Waals surface area contributed by atoms with E-state index in [9.17, 15) is 4.79 Å². The lowest BCUT2D eigenvalue weighted by Gasteiger charge is -2.21. The van der Waals surface area contributed by atoms with Crippen LogP contribution in [0.1, 0.15) is 12.8 Å². The predicted molar refractivity (Wildman–Crippen MR) is 58.1 cm³/mol. The number of hydrogen-bond acceptors (Lipinski definition) is 4. The Balaban J connectivity index is 2.12. The lowest BCUT2D eigenvalue weighted by Crippen LogP contribution is -2.33. The molecule has 0 aliphatic carbocycles. The van der Waals surface area contributed by atoms with Crippen LogP contribution < -0.4 is 5.32 Å². The molecule has 1 saturated heterocycles. The van der Waals surface area contributed by atoms with Crippen LogP contribution in [0.5, 0.6) is 0 Å². The molecule has 1 heterocycles. The van der Waals surface area contributed by atoms with Gasteiger partial charge < -0.3 is 10.1 Å². The van der Waals surface area contributed by atoms with Gasteiger partial charge in [0.05, 0.1) is 13.7 Å². The van der Waals surface area contributed by atoms with Gasteiger partial charge in [0.1, 0.15) is 0 Å². The van der Waals surface area contributed by atoms with Crippen LogP contribution in [0.2, 0.25) is 0 Å². The van der Waals surface area contributed by atoms with E-state index >= 15 is 0 Å². The van der Waals surface area contributed by atoms with Gasteiger partial charge in [-0.25, -0.2) is 4.79 Å². The second-order valence-electron chi connectivity index (χ2n) is 3.09. The van der Waals surface area contributed by atoms with Crippen molar-refractivity contribution in [3.63, 3.8) is 0 Å². The van der Waals surface area contributed by atoms with Gasteiger partial charge in [0.15, 0.2) is 0 Å². The molecule has 1 N–H and O–H groups in total. The molecule has 1 aliphatic heterocycles. The number of carbonyl (C=O) groups excluding carboxylic acids is 1. The Morgan fingerprint density at radius 2 is 2.57 bits per heavy atom. The second-order valence-corrected chi connectivity index (χ2v) is 4.24. The first kappa shape index (κ1) is 11.4. The molecular formula is C10H15NO2S. The predicted octanol–water partition coefficient (Wildman–Crippen LogP) is 0.648. The minimum Gasteiger partial charge on any atom is -0.459 e. The molecule has 0 spiro atoms. The molecule has 0 radical (unpaired) electrons. The number of nitrogens with one attached hydrogen (secondary N) is 1. The van der Waals surface area contributed by atoms with Crippen molar-refractivity contribution in [2.24, 2.45) is 0 Å². The van der Waals surface area contributed by atoms with Crippen LogP contribution in [0.3, 0.4) is 0 Å². The lowest BCUT2D eigenvalue weighted by molar-refractivity contribution is -0.133. The first-order chi connectivity index (χ1) is 6.83. The van der Waals surface area contributed by atoms with E-state index in [0.717, 1.165) is 5.75 Å². The van der Waals surface area contributed by atoms with E-state index in [1.165, 1.54) is 25.7 Å². The van der Waals surface area contributed by atoms with E-state index in [1.54, 1.807) is 0 Å². The standard InChI is InChI=1S/C10H15NO2S/c1-13-10(12)5-2-6-11-9-4-3-7-14-8-9/h9,11H,3-4,6-8H2,1H3. The number of rotatable bonds is 2. The molecule has 1 atom stereocenters. The Labute approximate surface area is 89.0 Å². The highest BCUT2D eigenvalue weighted by atomic mass is 32.2. The largest absolute Gasteiger partial charge is 0.459 e. The number of thioether (sulfide) groups is 1. The Bertz CT molecular complexity index is 238. The fourth-order valence-electron chi connectivity index (χ4n) is 1.26. The van der Waals surface area contributed by atoms with Crippen LogP contribution in [-0.4, -0.2) is 37.2 Å². The fraction of sp³-hybridized carbons (Fsp3) is 0.700. The summed E-state index contributed by atoms with van der Waals surface area (Å²) in [4.78, 5) is 10.6. The van der Waals surface area contributed by atoms with E-state index in [1.807, 2.05) is 11.8 Å². The van der Waals surface area contributed by atoms with Crippen molar-refractivity contribution >= 4 is 17.7 Å². The van der Waals surface area contributed by atoms with Gasteiger partial charge in [-0.3, -0.25) is 0 Å². The molecule has 0 aromatic carbocycles. The van der Waals surface area contributed by atoms with Gasteiger partial charge in [0.2, 0.25) is 0 Å². The van der Waals surface area contributed by atoms with E-state index in [0.29, 0.717) is 12.6 Å². The van der Waals surface area contributed by atoms with Gasteiger partial charge in [-0.15, -0.1) is 0 Å². The normalized spacial score (nSPS) is 20.8. The smallest absolute Gasteiger partial charge is 0.384 e. The summed E-state index contributed by atoms with van der Waals surface area (Å²) in [6.07, 6.45) is 2.49. The minimum absolute atomic E-state index is 0.468. The summed E-state index contributed by atoms with van der Waals surface area (Å²) in [6, 6.07) is 0.556. The van der Waals surface area contributed by atoms with Crippen LogP contribution >= 0.6 is 11.8 Å². The monoisotopic (exact) mass is 213 g/mol. The molecule has 78 valence electrons. The third kappa shape index (κ3) is 4.54. The van der Waals surface area contributed by atoms with Crippen LogP contribution in [0, 0.1) is 11.8 Å². The van der Waals surface area contributed by atoms with Crippen molar-refractivity contribution in [3.05, 3.63) is 0 Å². The van der Waals surface area contributed by atoms with Gasteiger partial charge in [-0.2, -0.15) is 11.8 Å². The lowest BCUT2D eigenvalue weighted by atomic mass is 10.2. The number of carbonyl (C=O) groups is 1. The van der Waals surface area contributed by atoms with E-state index in [-0.39, 0.29) is 0 Å². The summed E-state index contributed by atoms with van der Waals surface area (Å²) in [6.45, 7) is 0.570. The molecule has 1 aliphatic rings. The molecule has 0 saturated carbocycles. The molecule has 14 heavy (non-hydrogen) atoms. The summed E-state index contributed by atoms with van der Waals surface area (Å²) < 4.78 is 4.40. The van der Waals surface area contributed by atoms with Crippen molar-refractivity contribution in [1.29, 1.82) is 0 Å². The van der Waals surface area contributed by atoms with Gasteiger partial charge in [-0.05, 0) is 18.6 Å². The molecule has 0 aromatic rings. The van der Waals surface area contributed by atoms with E-state index in [2.05, 4.69) is 21.9 Å². The molecule has 3 nitrogen and oxygen atoms in total. The average Bonchev–Trinajstić information content (AvgIpc) is 2.25. The SMILES string of the molecule is COC(=O)C#CCNC1CCCSC1. The van der Waals surface area contributed by atoms with Crippen LogP contribution in [0.4, 0.5) is 0 Å². The Kier molecular flexibility index (Phi) is 5.50. The molecule has 0 amide bonds. The van der Waals surface area contributed by atoms with E-state index < -0.39 is 5.97 Å². The highest BCUT2D eigenvalue weighted by Crippen LogP contribution is 2.16. The van der Waals surface area contributed by atoms with Crippen LogP contribution in [0.25, 0.3) is 0 Å². The maximum atomic E-state index is 10.6. The van der Waals surface area contributed by atoms with Gasteiger partial charge in [-0.1, -0.05) is 5.92 Å². The third-order valence-electron chi connectivity index (χ3n) is 2.02. The number of methoxy groups -OCH3 is 1. The van der Waals surface area contributed by atoms with Crippen molar-refractivity contribution in [2.75, 3.05) is 25.2 Å². The van der Waals surface area contributed by atoms with Gasteiger partial charge in [0.25, 0.3) is 0 Å². The topological polar surface area (TPSA) is 38.3 Å². The fourth-order valence-corrected chi connectivity index (χ4v) is 2.37. The zero-order valence-corrected chi connectivity index (χ0v) is 9.15. The summed E-state index contributed by atoms with van der Waals surface area (Å²) in [5.74, 6) is 7.08. The van der Waals surface area contributed by atoms with Crippen molar-refractivity contribution < 1.29 is 9.53 Å². The van der Waals surface area contributed by atoms with Crippen molar-refractivity contribution in [2.45, 2.75) is 18.9 Å². The quantitative estimate of drug-likeness (QED) is 0.415. The molecule has 4 heteroatoms. The van der Waals surface area contributed by atoms with Crippen LogP contribution in [0.15, 0.2) is 0 Å². The highest BCUT2D eigenvalue weighted by molar-refractivity contribution is 7.99. The summed E-state index contributed by atoms with van der Waals surface area (Å²) in [5, 5.41) is 3.30. The Morgan fingerprint density at radius 3 is 3.21 bits per heavy atom. The van der Waals surface area contributed by atoms with Crippen LogP contribution in [-0.2, 0) is 9.53 Å². The van der Waals surface area contributed by atoms with Crippen molar-refractivity contribution in [1.82, 2.24) is 5.32 Å². The minimum atomic E-state index is -0.468. The number of hydrogen-bond donors (Lipinski definition) is 1. The summed E-state index contributed by atoms with van der Waals surface area (Å²) >= 11 is 1.97. The molecule has 0 aromatic heterocycles.